The van der Waals surface area contributed by atoms with Crippen molar-refractivity contribution >= 4 is 11.8 Å². The first-order valence-electron chi connectivity index (χ1n) is 7.13. The lowest BCUT2D eigenvalue weighted by Crippen LogP contribution is -2.47. The van der Waals surface area contributed by atoms with E-state index in [9.17, 15) is 27.6 Å². The molecule has 1 aliphatic heterocycles. The quantitative estimate of drug-likeness (QED) is 0.853. The van der Waals surface area contributed by atoms with Crippen molar-refractivity contribution in [3.63, 3.8) is 0 Å². The Kier molecular flexibility index (Phi) is 5.07. The van der Waals surface area contributed by atoms with E-state index < -0.39 is 35.8 Å². The molecule has 2 amide bonds. The average molecular weight is 331 g/mol. The minimum Gasteiger partial charge on any atom is -0.354 e. The van der Waals surface area contributed by atoms with Crippen molar-refractivity contribution in [2.75, 3.05) is 6.54 Å². The van der Waals surface area contributed by atoms with Gasteiger partial charge in [-0.2, -0.15) is 13.2 Å². The zero-order valence-electron chi connectivity index (χ0n) is 12.2. The monoisotopic (exact) mass is 331 g/mol. The largest absolute Gasteiger partial charge is 0.421 e. The van der Waals surface area contributed by atoms with Crippen LogP contribution < -0.4 is 16.2 Å². The Labute approximate surface area is 129 Å². The van der Waals surface area contributed by atoms with Gasteiger partial charge in [-0.3, -0.25) is 14.4 Å². The first-order valence-corrected chi connectivity index (χ1v) is 7.13. The highest BCUT2D eigenvalue weighted by Gasteiger charge is 2.34. The summed E-state index contributed by atoms with van der Waals surface area (Å²) in [5.41, 5.74) is -2.62. The Morgan fingerprint density at radius 2 is 2.09 bits per heavy atom. The number of nitrogens with zero attached hydrogens (tertiary/aromatic N) is 1. The lowest BCUT2D eigenvalue weighted by molar-refractivity contribution is -0.139. The molecule has 0 spiro atoms. The minimum absolute atomic E-state index is 0.327. The van der Waals surface area contributed by atoms with Crippen LogP contribution >= 0.6 is 0 Å². The van der Waals surface area contributed by atoms with E-state index in [1.807, 2.05) is 0 Å². The molecule has 6 nitrogen and oxygen atoms in total. The van der Waals surface area contributed by atoms with Crippen molar-refractivity contribution in [3.8, 4) is 0 Å². The maximum absolute atomic E-state index is 12.7. The van der Waals surface area contributed by atoms with Gasteiger partial charge in [-0.1, -0.05) is 0 Å². The highest BCUT2D eigenvalue weighted by molar-refractivity contribution is 5.87. The van der Waals surface area contributed by atoms with Gasteiger partial charge in [-0.05, 0) is 31.4 Å². The van der Waals surface area contributed by atoms with Crippen molar-refractivity contribution in [1.29, 1.82) is 0 Å². The summed E-state index contributed by atoms with van der Waals surface area (Å²) in [5, 5.41) is 5.08. The number of pyridine rings is 1. The van der Waals surface area contributed by atoms with Gasteiger partial charge in [0.1, 0.15) is 18.2 Å². The van der Waals surface area contributed by atoms with E-state index in [0.717, 1.165) is 25.1 Å². The Balaban J connectivity index is 2.09. The van der Waals surface area contributed by atoms with Crippen LogP contribution in [0.1, 0.15) is 24.8 Å². The molecule has 9 heteroatoms. The van der Waals surface area contributed by atoms with Crippen LogP contribution in [0, 0.1) is 0 Å². The topological polar surface area (TPSA) is 80.2 Å². The van der Waals surface area contributed by atoms with Crippen LogP contribution in [0.15, 0.2) is 23.1 Å². The Hall–Kier alpha value is -2.32. The van der Waals surface area contributed by atoms with Crippen LogP contribution in [-0.2, 0) is 22.3 Å². The Morgan fingerprint density at radius 3 is 2.78 bits per heavy atom. The maximum atomic E-state index is 12.7. The smallest absolute Gasteiger partial charge is 0.354 e. The molecule has 1 aromatic rings. The summed E-state index contributed by atoms with van der Waals surface area (Å²) in [4.78, 5) is 35.4. The molecule has 1 aromatic heterocycles. The molecule has 23 heavy (non-hydrogen) atoms. The molecule has 2 heterocycles. The van der Waals surface area contributed by atoms with Crippen LogP contribution in [-0.4, -0.2) is 29.0 Å². The molecule has 0 radical (unpaired) electrons. The van der Waals surface area contributed by atoms with Crippen LogP contribution in [0.25, 0.3) is 0 Å². The summed E-state index contributed by atoms with van der Waals surface area (Å²) in [7, 11) is 0. The fourth-order valence-electron chi connectivity index (χ4n) is 2.35. The maximum Gasteiger partial charge on any atom is 0.421 e. The van der Waals surface area contributed by atoms with Crippen LogP contribution in [0.3, 0.4) is 0 Å². The third-order valence-electron chi connectivity index (χ3n) is 3.51. The van der Waals surface area contributed by atoms with Gasteiger partial charge in [-0.25, -0.2) is 0 Å². The number of carbonyl (C=O) groups is 2. The zero-order chi connectivity index (χ0) is 17.0. The molecular formula is C14H16F3N3O3. The molecule has 126 valence electrons. The van der Waals surface area contributed by atoms with Crippen molar-refractivity contribution in [3.05, 3.63) is 34.2 Å². The lowest BCUT2D eigenvalue weighted by Gasteiger charge is -2.16. The molecular weight excluding hydrogens is 315 g/mol. The average Bonchev–Trinajstić information content (AvgIpc) is 2.65. The van der Waals surface area contributed by atoms with Gasteiger partial charge in [0.05, 0.1) is 0 Å². The zero-order valence-corrected chi connectivity index (χ0v) is 12.2. The van der Waals surface area contributed by atoms with Crippen molar-refractivity contribution in [1.82, 2.24) is 15.2 Å². The SMILES string of the molecule is O=C(Cn1cccc(C(F)(F)F)c1=O)N[C@@H]1CCCCNC1=O. The number of aromatic nitrogens is 1. The second-order valence-electron chi connectivity index (χ2n) is 5.26. The van der Waals surface area contributed by atoms with E-state index in [0.29, 0.717) is 23.6 Å². The molecule has 2 rings (SSSR count). The number of rotatable bonds is 3. The first kappa shape index (κ1) is 17.0. The van der Waals surface area contributed by atoms with Gasteiger partial charge in [0.2, 0.25) is 11.8 Å². The fraction of sp³-hybridized carbons (Fsp3) is 0.500. The summed E-state index contributed by atoms with van der Waals surface area (Å²) in [6, 6.07) is 0.984. The number of nitrogens with one attached hydrogen (secondary N) is 2. The molecule has 2 N–H and O–H groups in total. The number of alkyl halides is 3. The number of hydrogen-bond donors (Lipinski definition) is 2. The lowest BCUT2D eigenvalue weighted by atomic mass is 10.1. The molecule has 1 atom stereocenters. The molecule has 0 unspecified atom stereocenters. The summed E-state index contributed by atoms with van der Waals surface area (Å²) >= 11 is 0. The standard InChI is InChI=1S/C14H16F3N3O3/c15-14(16,17)9-4-3-7-20(13(9)23)8-11(21)19-10-5-1-2-6-18-12(10)22/h3-4,7,10H,1-2,5-6,8H2,(H,18,22)(H,19,21)/t10-/m1/s1. The molecule has 0 saturated carbocycles. The van der Waals surface area contributed by atoms with E-state index in [-0.39, 0.29) is 5.91 Å². The van der Waals surface area contributed by atoms with Crippen molar-refractivity contribution in [2.45, 2.75) is 38.0 Å². The van der Waals surface area contributed by atoms with Crippen molar-refractivity contribution in [2.24, 2.45) is 0 Å². The highest BCUT2D eigenvalue weighted by Crippen LogP contribution is 2.25. The molecule has 0 aromatic carbocycles. The van der Waals surface area contributed by atoms with Crippen LogP contribution in [0.4, 0.5) is 13.2 Å². The number of carbonyl (C=O) groups excluding carboxylic acids is 2. The number of halogens is 3. The van der Waals surface area contributed by atoms with Gasteiger partial charge in [0, 0.05) is 12.7 Å². The summed E-state index contributed by atoms with van der Waals surface area (Å²) in [6.07, 6.45) is -1.69. The van der Waals surface area contributed by atoms with Crippen molar-refractivity contribution < 1.29 is 22.8 Å². The Bertz CT molecular complexity index is 655. The van der Waals surface area contributed by atoms with E-state index in [2.05, 4.69) is 10.6 Å². The van der Waals surface area contributed by atoms with Gasteiger partial charge in [-0.15, -0.1) is 0 Å². The first-order chi connectivity index (χ1) is 10.8. The molecule has 1 aliphatic rings. The second-order valence-corrected chi connectivity index (χ2v) is 5.26. The molecule has 1 saturated heterocycles. The molecule has 0 aliphatic carbocycles. The van der Waals surface area contributed by atoms with Crippen LogP contribution in [0.2, 0.25) is 0 Å². The third kappa shape index (κ3) is 4.33. The predicted molar refractivity (Wildman–Crippen MR) is 74.5 cm³/mol. The minimum atomic E-state index is -4.78. The van der Waals surface area contributed by atoms with E-state index in [1.54, 1.807) is 0 Å². The summed E-state index contributed by atoms with van der Waals surface area (Å²) in [6.45, 7) is -0.0508. The summed E-state index contributed by atoms with van der Waals surface area (Å²) < 4.78 is 38.7. The van der Waals surface area contributed by atoms with Gasteiger partial charge < -0.3 is 15.2 Å². The van der Waals surface area contributed by atoms with Crippen LogP contribution in [0.5, 0.6) is 0 Å². The summed E-state index contributed by atoms with van der Waals surface area (Å²) in [5.74, 6) is -1.01. The Morgan fingerprint density at radius 1 is 1.35 bits per heavy atom. The number of hydrogen-bond acceptors (Lipinski definition) is 3. The normalized spacial score (nSPS) is 18.9. The second kappa shape index (κ2) is 6.84. The predicted octanol–water partition coefficient (Wildman–Crippen LogP) is 0.652. The van der Waals surface area contributed by atoms with Gasteiger partial charge >= 0.3 is 6.18 Å². The van der Waals surface area contributed by atoms with Gasteiger partial charge in [0.25, 0.3) is 5.56 Å². The van der Waals surface area contributed by atoms with E-state index in [4.69, 9.17) is 0 Å². The third-order valence-corrected chi connectivity index (χ3v) is 3.51. The van der Waals surface area contributed by atoms with E-state index in [1.165, 1.54) is 0 Å². The fourth-order valence-corrected chi connectivity index (χ4v) is 2.35. The molecule has 0 bridgehead atoms. The van der Waals surface area contributed by atoms with Gasteiger partial charge in [0.15, 0.2) is 0 Å². The van der Waals surface area contributed by atoms with E-state index >= 15 is 0 Å². The number of amides is 2. The molecule has 1 fully saturated rings. The highest BCUT2D eigenvalue weighted by atomic mass is 19.4.